The molecule has 0 aromatic heterocycles. The van der Waals surface area contributed by atoms with Crippen LogP contribution < -0.4 is 0 Å². The molecule has 0 heterocycles. The first-order valence-corrected chi connectivity index (χ1v) is 5.78. The fourth-order valence-electron chi connectivity index (χ4n) is 1.98. The number of benzene rings is 3. The number of halogens is 2. The van der Waals surface area contributed by atoms with E-state index >= 15 is 0 Å². The summed E-state index contributed by atoms with van der Waals surface area (Å²) < 4.78 is 0. The van der Waals surface area contributed by atoms with Crippen LogP contribution in [0.25, 0.3) is 21.5 Å². The minimum Gasteiger partial charge on any atom is -0.0843 e. The zero-order valence-corrected chi connectivity index (χ0v) is 9.89. The number of fused-ring (bicyclic) bond motifs is 2. The Kier molecular flexibility index (Phi) is 2.27. The third-order valence-corrected chi connectivity index (χ3v) is 3.40. The van der Waals surface area contributed by atoms with Crippen LogP contribution in [0.5, 0.6) is 0 Å². The van der Waals surface area contributed by atoms with Gasteiger partial charge in [0.1, 0.15) is 0 Å². The maximum Gasteiger partial charge on any atom is 0.0563 e. The summed E-state index contributed by atoms with van der Waals surface area (Å²) in [5, 5.41) is 5.84. The molecule has 0 nitrogen and oxygen atoms in total. The standard InChI is InChI=1S/C14H8Cl2/c15-11-6-5-10-7-9-3-1-2-4-12(9)14(16)13(10)8-11/h1-8H. The average molecular weight is 247 g/mol. The van der Waals surface area contributed by atoms with Crippen molar-refractivity contribution in [2.24, 2.45) is 0 Å². The van der Waals surface area contributed by atoms with E-state index in [0.717, 1.165) is 26.6 Å². The van der Waals surface area contributed by atoms with E-state index in [1.54, 1.807) is 0 Å². The van der Waals surface area contributed by atoms with E-state index in [4.69, 9.17) is 23.2 Å². The van der Waals surface area contributed by atoms with Gasteiger partial charge in [-0.15, -0.1) is 0 Å². The van der Waals surface area contributed by atoms with Gasteiger partial charge < -0.3 is 0 Å². The van der Waals surface area contributed by atoms with E-state index in [2.05, 4.69) is 12.1 Å². The highest BCUT2D eigenvalue weighted by atomic mass is 35.5. The second kappa shape index (κ2) is 3.65. The molecule has 0 aliphatic rings. The SMILES string of the molecule is Clc1ccc2cc3ccccc3c(Cl)c2c1. The predicted octanol–water partition coefficient (Wildman–Crippen LogP) is 5.30. The van der Waals surface area contributed by atoms with Crippen molar-refractivity contribution < 1.29 is 0 Å². The lowest BCUT2D eigenvalue weighted by Crippen LogP contribution is -1.79. The van der Waals surface area contributed by atoms with Crippen molar-refractivity contribution in [2.45, 2.75) is 0 Å². The van der Waals surface area contributed by atoms with Crippen LogP contribution in [0.15, 0.2) is 48.5 Å². The van der Waals surface area contributed by atoms with Gasteiger partial charge in [0, 0.05) is 15.8 Å². The van der Waals surface area contributed by atoms with Gasteiger partial charge >= 0.3 is 0 Å². The van der Waals surface area contributed by atoms with Crippen LogP contribution in [0.4, 0.5) is 0 Å². The van der Waals surface area contributed by atoms with Crippen molar-refractivity contribution in [3.63, 3.8) is 0 Å². The first-order valence-electron chi connectivity index (χ1n) is 5.02. The molecular formula is C14H8Cl2. The van der Waals surface area contributed by atoms with Crippen molar-refractivity contribution in [2.75, 3.05) is 0 Å². The zero-order chi connectivity index (χ0) is 11.1. The summed E-state index contributed by atoms with van der Waals surface area (Å²) in [4.78, 5) is 0. The Morgan fingerprint density at radius 1 is 0.688 bits per heavy atom. The van der Waals surface area contributed by atoms with E-state index in [9.17, 15) is 0 Å². The Morgan fingerprint density at radius 2 is 1.44 bits per heavy atom. The molecule has 0 N–H and O–H groups in total. The van der Waals surface area contributed by atoms with Gasteiger partial charge in [-0.05, 0) is 29.0 Å². The molecular weight excluding hydrogens is 239 g/mol. The normalized spacial score (nSPS) is 11.1. The molecule has 0 spiro atoms. The summed E-state index contributed by atoms with van der Waals surface area (Å²) in [5.41, 5.74) is 0. The molecule has 0 atom stereocenters. The van der Waals surface area contributed by atoms with Gasteiger partial charge in [-0.1, -0.05) is 53.5 Å². The van der Waals surface area contributed by atoms with Gasteiger partial charge in [-0.25, -0.2) is 0 Å². The fourth-order valence-corrected chi connectivity index (χ4v) is 2.49. The molecule has 0 aliphatic carbocycles. The smallest absolute Gasteiger partial charge is 0.0563 e. The minimum atomic E-state index is 0.713. The summed E-state index contributed by atoms with van der Waals surface area (Å²) in [6.45, 7) is 0. The summed E-state index contributed by atoms with van der Waals surface area (Å²) in [6.07, 6.45) is 0. The molecule has 0 unspecified atom stereocenters. The number of hydrogen-bond acceptors (Lipinski definition) is 0. The van der Waals surface area contributed by atoms with Crippen molar-refractivity contribution in [3.8, 4) is 0 Å². The van der Waals surface area contributed by atoms with Crippen LogP contribution in [0.2, 0.25) is 10.0 Å². The summed E-state index contributed by atoms with van der Waals surface area (Å²) in [7, 11) is 0. The molecule has 0 fully saturated rings. The molecule has 0 radical (unpaired) electrons. The molecule has 3 aromatic carbocycles. The van der Waals surface area contributed by atoms with Gasteiger partial charge in [0.25, 0.3) is 0 Å². The summed E-state index contributed by atoms with van der Waals surface area (Å²) in [5.74, 6) is 0. The lowest BCUT2D eigenvalue weighted by molar-refractivity contribution is 1.76. The highest BCUT2D eigenvalue weighted by molar-refractivity contribution is 6.41. The Hall–Kier alpha value is -1.24. The molecule has 16 heavy (non-hydrogen) atoms. The fraction of sp³-hybridized carbons (Fsp3) is 0. The van der Waals surface area contributed by atoms with Crippen LogP contribution in [0, 0.1) is 0 Å². The van der Waals surface area contributed by atoms with Crippen molar-refractivity contribution in [1.82, 2.24) is 0 Å². The molecule has 0 bridgehead atoms. The Balaban J connectivity index is 2.56. The third-order valence-electron chi connectivity index (χ3n) is 2.76. The third kappa shape index (κ3) is 1.46. The van der Waals surface area contributed by atoms with E-state index in [1.165, 1.54) is 0 Å². The Bertz CT molecular complexity index is 687. The monoisotopic (exact) mass is 246 g/mol. The molecule has 0 amide bonds. The lowest BCUT2D eigenvalue weighted by Gasteiger charge is -2.06. The first-order chi connectivity index (χ1) is 7.75. The van der Waals surface area contributed by atoms with E-state index in [-0.39, 0.29) is 0 Å². The minimum absolute atomic E-state index is 0.713. The van der Waals surface area contributed by atoms with Crippen LogP contribution in [0.3, 0.4) is 0 Å². The maximum atomic E-state index is 6.39. The molecule has 2 heteroatoms. The van der Waals surface area contributed by atoms with Gasteiger partial charge in [-0.3, -0.25) is 0 Å². The topological polar surface area (TPSA) is 0 Å². The van der Waals surface area contributed by atoms with Crippen molar-refractivity contribution in [1.29, 1.82) is 0 Å². The van der Waals surface area contributed by atoms with E-state index in [0.29, 0.717) is 5.02 Å². The van der Waals surface area contributed by atoms with Crippen molar-refractivity contribution in [3.05, 3.63) is 58.6 Å². The largest absolute Gasteiger partial charge is 0.0843 e. The molecule has 0 saturated heterocycles. The van der Waals surface area contributed by atoms with Gasteiger partial charge in [-0.2, -0.15) is 0 Å². The summed E-state index contributed by atoms with van der Waals surface area (Å²) in [6, 6.07) is 16.0. The number of rotatable bonds is 0. The Labute approximate surface area is 103 Å². The second-order valence-corrected chi connectivity index (χ2v) is 4.59. The Morgan fingerprint density at radius 3 is 2.31 bits per heavy atom. The van der Waals surface area contributed by atoms with Crippen molar-refractivity contribution >= 4 is 44.7 Å². The highest BCUT2D eigenvalue weighted by Crippen LogP contribution is 2.33. The molecule has 3 rings (SSSR count). The van der Waals surface area contributed by atoms with Crippen LogP contribution >= 0.6 is 23.2 Å². The van der Waals surface area contributed by atoms with Gasteiger partial charge in [0.05, 0.1) is 5.02 Å². The van der Waals surface area contributed by atoms with Gasteiger partial charge in [0.15, 0.2) is 0 Å². The molecule has 0 aliphatic heterocycles. The van der Waals surface area contributed by atoms with E-state index in [1.807, 2.05) is 36.4 Å². The van der Waals surface area contributed by atoms with Gasteiger partial charge in [0.2, 0.25) is 0 Å². The molecule has 3 aromatic rings. The molecule has 78 valence electrons. The summed E-state index contributed by atoms with van der Waals surface area (Å²) >= 11 is 12.4. The second-order valence-electron chi connectivity index (χ2n) is 3.78. The number of hydrogen-bond donors (Lipinski definition) is 0. The highest BCUT2D eigenvalue weighted by Gasteiger charge is 2.05. The van der Waals surface area contributed by atoms with E-state index < -0.39 is 0 Å². The van der Waals surface area contributed by atoms with Crippen LogP contribution in [0.1, 0.15) is 0 Å². The molecule has 0 saturated carbocycles. The van der Waals surface area contributed by atoms with Crippen LogP contribution in [-0.2, 0) is 0 Å². The first kappa shape index (κ1) is 9.95. The maximum absolute atomic E-state index is 6.39. The van der Waals surface area contributed by atoms with Crippen LogP contribution in [-0.4, -0.2) is 0 Å². The lowest BCUT2D eigenvalue weighted by atomic mass is 10.0. The predicted molar refractivity (Wildman–Crippen MR) is 71.5 cm³/mol. The zero-order valence-electron chi connectivity index (χ0n) is 8.37. The quantitative estimate of drug-likeness (QED) is 0.473. The average Bonchev–Trinajstić information content (AvgIpc) is 2.31.